The van der Waals surface area contributed by atoms with Crippen molar-refractivity contribution in [2.75, 3.05) is 5.75 Å². The van der Waals surface area contributed by atoms with Gasteiger partial charge in [-0.2, -0.15) is 0 Å². The summed E-state index contributed by atoms with van der Waals surface area (Å²) in [6.45, 7) is 0. The van der Waals surface area contributed by atoms with Gasteiger partial charge in [-0.25, -0.2) is 9.97 Å². The van der Waals surface area contributed by atoms with Crippen LogP contribution in [0, 0.1) is 0 Å². The molecule has 0 aliphatic carbocycles. The van der Waals surface area contributed by atoms with Crippen LogP contribution in [0.2, 0.25) is 5.02 Å². The van der Waals surface area contributed by atoms with Crippen molar-refractivity contribution in [3.63, 3.8) is 0 Å². The number of hydrazine groups is 1. The predicted molar refractivity (Wildman–Crippen MR) is 115 cm³/mol. The molecule has 150 valence electrons. The summed E-state index contributed by atoms with van der Waals surface area (Å²) in [5.41, 5.74) is 5.77. The zero-order valence-corrected chi connectivity index (χ0v) is 17.0. The molecule has 30 heavy (non-hydrogen) atoms. The minimum Gasteiger partial charge on any atom is -0.461 e. The maximum atomic E-state index is 12.2. The Bertz CT molecular complexity index is 1210. The molecule has 4 aromatic rings. The molecule has 7 nitrogen and oxygen atoms in total. The normalized spacial score (nSPS) is 10.7. The minimum absolute atomic E-state index is 0.0431. The summed E-state index contributed by atoms with van der Waals surface area (Å²) in [5.74, 6) is 0.142. The molecule has 0 spiro atoms. The molecule has 0 radical (unpaired) electrons. The second-order valence-corrected chi connectivity index (χ2v) is 7.49. The Labute approximate surface area is 180 Å². The van der Waals surface area contributed by atoms with Crippen LogP contribution in [0.3, 0.4) is 0 Å². The van der Waals surface area contributed by atoms with Gasteiger partial charge in [0.2, 0.25) is 5.91 Å². The van der Waals surface area contributed by atoms with E-state index in [0.717, 1.165) is 10.9 Å². The number of thioether (sulfide) groups is 1. The molecule has 2 aromatic heterocycles. The van der Waals surface area contributed by atoms with Gasteiger partial charge in [0.15, 0.2) is 11.6 Å². The maximum absolute atomic E-state index is 12.2. The van der Waals surface area contributed by atoms with Gasteiger partial charge in [-0.3, -0.25) is 20.4 Å². The van der Waals surface area contributed by atoms with Gasteiger partial charge in [-0.05, 0) is 30.3 Å². The number of carbonyl (C=O) groups is 2. The third-order valence-electron chi connectivity index (χ3n) is 4.08. The van der Waals surface area contributed by atoms with E-state index >= 15 is 0 Å². The molecular weight excluding hydrogens is 424 g/mol. The van der Waals surface area contributed by atoms with E-state index in [1.807, 2.05) is 24.3 Å². The van der Waals surface area contributed by atoms with E-state index in [1.54, 1.807) is 42.7 Å². The van der Waals surface area contributed by atoms with E-state index in [9.17, 15) is 9.59 Å². The van der Waals surface area contributed by atoms with Crippen molar-refractivity contribution < 1.29 is 14.0 Å². The third-order valence-corrected chi connectivity index (χ3v) is 5.40. The Morgan fingerprint density at radius 2 is 1.77 bits per heavy atom. The number of benzene rings is 2. The lowest BCUT2D eigenvalue weighted by atomic mass is 10.2. The van der Waals surface area contributed by atoms with E-state index in [1.165, 1.54) is 11.8 Å². The number of nitrogens with one attached hydrogen (secondary N) is 2. The van der Waals surface area contributed by atoms with Crippen LogP contribution in [0.15, 0.2) is 76.4 Å². The summed E-state index contributed by atoms with van der Waals surface area (Å²) in [6, 6.07) is 17.6. The van der Waals surface area contributed by atoms with E-state index in [2.05, 4.69) is 20.8 Å². The molecule has 0 bridgehead atoms. The largest absolute Gasteiger partial charge is 0.461 e. The lowest BCUT2D eigenvalue weighted by Gasteiger charge is -2.09. The molecule has 2 N–H and O–H groups in total. The first kappa shape index (κ1) is 19.9. The number of furan rings is 1. The van der Waals surface area contributed by atoms with Gasteiger partial charge in [-0.15, -0.1) is 0 Å². The topological polar surface area (TPSA) is 97.1 Å². The SMILES string of the molecule is O=C(CSc1nc(-c2ccco2)nc2ccccc12)NNC(=O)c1ccccc1Cl. The molecule has 0 unspecified atom stereocenters. The summed E-state index contributed by atoms with van der Waals surface area (Å²) in [6.07, 6.45) is 1.55. The lowest BCUT2D eigenvalue weighted by Crippen LogP contribution is -2.42. The molecule has 9 heteroatoms. The number of halogens is 1. The Kier molecular flexibility index (Phi) is 5.97. The fourth-order valence-corrected chi connectivity index (χ4v) is 3.72. The van der Waals surface area contributed by atoms with Crippen molar-refractivity contribution in [2.24, 2.45) is 0 Å². The first-order valence-corrected chi connectivity index (χ1v) is 10.3. The Morgan fingerprint density at radius 3 is 2.57 bits per heavy atom. The van der Waals surface area contributed by atoms with Crippen LogP contribution in [0.4, 0.5) is 0 Å². The molecule has 2 amide bonds. The average Bonchev–Trinajstić information content (AvgIpc) is 3.31. The van der Waals surface area contributed by atoms with Crippen LogP contribution in [-0.4, -0.2) is 27.5 Å². The third kappa shape index (κ3) is 4.45. The number of hydrogen-bond donors (Lipinski definition) is 2. The number of hydrogen-bond acceptors (Lipinski definition) is 6. The number of para-hydroxylation sites is 1. The molecule has 0 saturated heterocycles. The molecular formula is C21H15ClN4O3S. The van der Waals surface area contributed by atoms with Crippen molar-refractivity contribution in [1.29, 1.82) is 0 Å². The summed E-state index contributed by atoms with van der Waals surface area (Å²) >= 11 is 7.23. The van der Waals surface area contributed by atoms with Crippen LogP contribution in [0.5, 0.6) is 0 Å². The molecule has 4 rings (SSSR count). The first-order valence-electron chi connectivity index (χ1n) is 8.89. The fourth-order valence-electron chi connectivity index (χ4n) is 2.68. The van der Waals surface area contributed by atoms with Crippen LogP contribution in [-0.2, 0) is 4.79 Å². The van der Waals surface area contributed by atoms with E-state index in [-0.39, 0.29) is 17.2 Å². The number of amides is 2. The van der Waals surface area contributed by atoms with Crippen LogP contribution >= 0.6 is 23.4 Å². The molecule has 0 atom stereocenters. The van der Waals surface area contributed by atoms with Gasteiger partial charge in [0.25, 0.3) is 5.91 Å². The number of aromatic nitrogens is 2. The predicted octanol–water partition coefficient (Wildman–Crippen LogP) is 4.10. The Hall–Kier alpha value is -3.36. The number of fused-ring (bicyclic) bond motifs is 1. The highest BCUT2D eigenvalue weighted by atomic mass is 35.5. The highest BCUT2D eigenvalue weighted by molar-refractivity contribution is 8.00. The van der Waals surface area contributed by atoms with Crippen LogP contribution < -0.4 is 10.9 Å². The molecule has 0 aliphatic rings. The molecule has 2 heterocycles. The van der Waals surface area contributed by atoms with E-state index in [4.69, 9.17) is 16.0 Å². The summed E-state index contributed by atoms with van der Waals surface area (Å²) in [7, 11) is 0. The number of nitrogens with zero attached hydrogens (tertiary/aromatic N) is 2. The van der Waals surface area contributed by atoms with Gasteiger partial charge in [0.05, 0.1) is 28.1 Å². The van der Waals surface area contributed by atoms with E-state index in [0.29, 0.717) is 21.6 Å². The molecule has 0 fully saturated rings. The monoisotopic (exact) mass is 438 g/mol. The Balaban J connectivity index is 1.45. The van der Waals surface area contributed by atoms with Gasteiger partial charge in [0.1, 0.15) is 5.03 Å². The molecule has 0 aliphatic heterocycles. The van der Waals surface area contributed by atoms with Gasteiger partial charge < -0.3 is 4.42 Å². The van der Waals surface area contributed by atoms with Gasteiger partial charge in [-0.1, -0.05) is 53.7 Å². The van der Waals surface area contributed by atoms with Crippen molar-refractivity contribution >= 4 is 46.1 Å². The van der Waals surface area contributed by atoms with Crippen molar-refractivity contribution in [1.82, 2.24) is 20.8 Å². The summed E-state index contributed by atoms with van der Waals surface area (Å²) < 4.78 is 5.39. The molecule has 2 aromatic carbocycles. The maximum Gasteiger partial charge on any atom is 0.271 e. The average molecular weight is 439 g/mol. The van der Waals surface area contributed by atoms with Gasteiger partial charge >= 0.3 is 0 Å². The number of carbonyl (C=O) groups excluding carboxylic acids is 2. The van der Waals surface area contributed by atoms with Crippen LogP contribution in [0.1, 0.15) is 10.4 Å². The quantitative estimate of drug-likeness (QED) is 0.276. The fraction of sp³-hybridized carbons (Fsp3) is 0.0476. The summed E-state index contributed by atoms with van der Waals surface area (Å²) in [5, 5.41) is 1.77. The lowest BCUT2D eigenvalue weighted by molar-refractivity contribution is -0.119. The standard InChI is InChI=1S/C21H15ClN4O3S/c22-15-8-3-1-6-13(15)20(28)26-25-18(27)12-30-21-14-7-2-4-9-16(14)23-19(24-21)17-10-5-11-29-17/h1-11H,12H2,(H,25,27)(H,26,28). The smallest absolute Gasteiger partial charge is 0.271 e. The Morgan fingerprint density at radius 1 is 0.967 bits per heavy atom. The van der Waals surface area contributed by atoms with Crippen molar-refractivity contribution in [3.05, 3.63) is 77.5 Å². The minimum atomic E-state index is -0.494. The van der Waals surface area contributed by atoms with Gasteiger partial charge in [0, 0.05) is 5.39 Å². The zero-order chi connectivity index (χ0) is 20.9. The van der Waals surface area contributed by atoms with Crippen molar-refractivity contribution in [2.45, 2.75) is 5.03 Å². The highest BCUT2D eigenvalue weighted by Crippen LogP contribution is 2.28. The number of rotatable bonds is 5. The van der Waals surface area contributed by atoms with Crippen LogP contribution in [0.25, 0.3) is 22.5 Å². The highest BCUT2D eigenvalue weighted by Gasteiger charge is 2.14. The zero-order valence-electron chi connectivity index (χ0n) is 15.5. The molecule has 0 saturated carbocycles. The van der Waals surface area contributed by atoms with E-state index < -0.39 is 5.91 Å². The second-order valence-electron chi connectivity index (χ2n) is 6.12. The second kappa shape index (κ2) is 8.98. The van der Waals surface area contributed by atoms with Crippen molar-refractivity contribution in [3.8, 4) is 11.6 Å². The summed E-state index contributed by atoms with van der Waals surface area (Å²) in [4.78, 5) is 33.5. The first-order chi connectivity index (χ1) is 14.6.